The molecule has 0 amide bonds. The number of methoxy groups -OCH3 is 1. The van der Waals surface area contributed by atoms with Crippen molar-refractivity contribution in [1.29, 1.82) is 0 Å². The van der Waals surface area contributed by atoms with Gasteiger partial charge in [0.15, 0.2) is 0 Å². The van der Waals surface area contributed by atoms with Gasteiger partial charge in [-0.15, -0.1) is 0 Å². The van der Waals surface area contributed by atoms with E-state index in [4.69, 9.17) is 4.74 Å². The Morgan fingerprint density at radius 1 is 1.20 bits per heavy atom. The maximum absolute atomic E-state index is 11.7. The van der Waals surface area contributed by atoms with Gasteiger partial charge in [-0.3, -0.25) is 4.79 Å². The largest absolute Gasteiger partial charge is 0.469 e. The molecule has 0 saturated carbocycles. The summed E-state index contributed by atoms with van der Waals surface area (Å²) in [5, 5.41) is 3.48. The molecule has 0 aliphatic rings. The van der Waals surface area contributed by atoms with Gasteiger partial charge >= 0.3 is 5.97 Å². The van der Waals surface area contributed by atoms with Crippen molar-refractivity contribution in [2.75, 3.05) is 13.7 Å². The van der Waals surface area contributed by atoms with Crippen LogP contribution >= 0.6 is 0 Å². The predicted octanol–water partition coefficient (Wildman–Crippen LogP) is 3.42. The molecule has 112 valence electrons. The van der Waals surface area contributed by atoms with E-state index in [0.717, 1.165) is 31.4 Å². The highest BCUT2D eigenvalue weighted by Crippen LogP contribution is 2.26. The Labute approximate surface area is 122 Å². The molecule has 0 spiro atoms. The average Bonchev–Trinajstić information content (AvgIpc) is 2.46. The van der Waals surface area contributed by atoms with Gasteiger partial charge in [-0.25, -0.2) is 0 Å². The third kappa shape index (κ3) is 4.64. The van der Waals surface area contributed by atoms with E-state index in [1.54, 1.807) is 0 Å². The number of carbonyl (C=O) groups is 1. The third-order valence-electron chi connectivity index (χ3n) is 3.62. The van der Waals surface area contributed by atoms with Crippen LogP contribution in [0.5, 0.6) is 0 Å². The fraction of sp³-hybridized carbons (Fsp3) is 0.588. The summed E-state index contributed by atoms with van der Waals surface area (Å²) >= 11 is 0. The van der Waals surface area contributed by atoms with Crippen LogP contribution in [0.3, 0.4) is 0 Å². The Balaban J connectivity index is 2.93. The van der Waals surface area contributed by atoms with E-state index in [-0.39, 0.29) is 11.5 Å². The Bertz CT molecular complexity index is 414. The lowest BCUT2D eigenvalue weighted by Crippen LogP contribution is -2.42. The molecule has 0 radical (unpaired) electrons. The van der Waals surface area contributed by atoms with Gasteiger partial charge in [0, 0.05) is 0 Å². The average molecular weight is 277 g/mol. The van der Waals surface area contributed by atoms with Crippen LogP contribution in [0, 0.1) is 0 Å². The fourth-order valence-corrected chi connectivity index (χ4v) is 2.36. The number of benzene rings is 1. The van der Waals surface area contributed by atoms with Gasteiger partial charge in [-0.2, -0.15) is 0 Å². The first-order valence-electron chi connectivity index (χ1n) is 7.47. The summed E-state index contributed by atoms with van der Waals surface area (Å²) in [7, 11) is 1.44. The Kier molecular flexibility index (Phi) is 6.73. The topological polar surface area (TPSA) is 38.3 Å². The zero-order valence-electron chi connectivity index (χ0n) is 13.2. The minimum absolute atomic E-state index is 0.186. The Hall–Kier alpha value is -1.35. The molecule has 0 fully saturated rings. The number of esters is 1. The van der Waals surface area contributed by atoms with Crippen LogP contribution in [0.25, 0.3) is 0 Å². The second-order valence-electron chi connectivity index (χ2n) is 5.46. The van der Waals surface area contributed by atoms with E-state index < -0.39 is 0 Å². The molecule has 0 aromatic heterocycles. The van der Waals surface area contributed by atoms with Crippen LogP contribution in [0.1, 0.15) is 51.2 Å². The van der Waals surface area contributed by atoms with Crippen LogP contribution in [0.15, 0.2) is 24.3 Å². The second kappa shape index (κ2) is 8.05. The minimum Gasteiger partial charge on any atom is -0.469 e. The number of carbonyl (C=O) groups excluding carboxylic acids is 1. The van der Waals surface area contributed by atoms with Crippen molar-refractivity contribution < 1.29 is 9.53 Å². The SMILES string of the molecule is CCCNC(C)(CC(=O)OC)c1ccc(CCC)cc1. The first kappa shape index (κ1) is 16.7. The molecule has 20 heavy (non-hydrogen) atoms. The monoisotopic (exact) mass is 277 g/mol. The van der Waals surface area contributed by atoms with Crippen molar-refractivity contribution in [3.8, 4) is 0 Å². The first-order chi connectivity index (χ1) is 9.55. The summed E-state index contributed by atoms with van der Waals surface area (Å²) < 4.78 is 4.83. The van der Waals surface area contributed by atoms with Gasteiger partial charge in [-0.05, 0) is 37.4 Å². The smallest absolute Gasteiger partial charge is 0.307 e. The summed E-state index contributed by atoms with van der Waals surface area (Å²) in [4.78, 5) is 11.7. The third-order valence-corrected chi connectivity index (χ3v) is 3.62. The molecule has 0 aliphatic carbocycles. The second-order valence-corrected chi connectivity index (χ2v) is 5.46. The number of ether oxygens (including phenoxy) is 1. The molecule has 0 aliphatic heterocycles. The molecule has 1 aromatic carbocycles. The van der Waals surface area contributed by atoms with E-state index in [2.05, 4.69) is 50.4 Å². The molecule has 3 nitrogen and oxygen atoms in total. The number of aryl methyl sites for hydroxylation is 1. The summed E-state index contributed by atoms with van der Waals surface area (Å²) in [6.07, 6.45) is 3.62. The summed E-state index contributed by atoms with van der Waals surface area (Å²) in [6.45, 7) is 7.24. The number of hydrogen-bond acceptors (Lipinski definition) is 3. The maximum atomic E-state index is 11.7. The number of rotatable bonds is 8. The van der Waals surface area contributed by atoms with Crippen molar-refractivity contribution >= 4 is 5.97 Å². The minimum atomic E-state index is -0.367. The van der Waals surface area contributed by atoms with Crippen molar-refractivity contribution in [2.45, 2.75) is 52.0 Å². The molecule has 1 rings (SSSR count). The quantitative estimate of drug-likeness (QED) is 0.740. The van der Waals surface area contributed by atoms with E-state index in [0.29, 0.717) is 6.42 Å². The van der Waals surface area contributed by atoms with Gasteiger partial charge in [0.25, 0.3) is 0 Å². The van der Waals surface area contributed by atoms with E-state index in [1.807, 2.05) is 0 Å². The Morgan fingerprint density at radius 2 is 1.85 bits per heavy atom. The molecule has 0 bridgehead atoms. The molecular formula is C17H27NO2. The molecule has 3 heteroatoms. The highest BCUT2D eigenvalue weighted by molar-refractivity contribution is 5.71. The van der Waals surface area contributed by atoms with E-state index >= 15 is 0 Å². The zero-order chi connectivity index (χ0) is 15.0. The van der Waals surface area contributed by atoms with Crippen LogP contribution in [-0.2, 0) is 21.5 Å². The lowest BCUT2D eigenvalue weighted by Gasteiger charge is -2.30. The standard InChI is InChI=1S/C17H27NO2/c1-5-7-14-8-10-15(11-9-14)17(3,18-12-6-2)13-16(19)20-4/h8-11,18H,5-7,12-13H2,1-4H3. The summed E-state index contributed by atoms with van der Waals surface area (Å²) in [5.74, 6) is -0.186. The van der Waals surface area contributed by atoms with Crippen molar-refractivity contribution in [1.82, 2.24) is 5.32 Å². The van der Waals surface area contributed by atoms with Gasteiger partial charge in [0.05, 0.1) is 19.1 Å². The van der Waals surface area contributed by atoms with Crippen molar-refractivity contribution in [3.63, 3.8) is 0 Å². The van der Waals surface area contributed by atoms with Crippen molar-refractivity contribution in [3.05, 3.63) is 35.4 Å². The van der Waals surface area contributed by atoms with Crippen molar-refractivity contribution in [2.24, 2.45) is 0 Å². The van der Waals surface area contributed by atoms with Crippen LogP contribution < -0.4 is 5.32 Å². The fourth-order valence-electron chi connectivity index (χ4n) is 2.36. The number of hydrogen-bond donors (Lipinski definition) is 1. The lowest BCUT2D eigenvalue weighted by atomic mass is 9.87. The van der Waals surface area contributed by atoms with Gasteiger partial charge < -0.3 is 10.1 Å². The summed E-state index contributed by atoms with van der Waals surface area (Å²) in [6, 6.07) is 8.55. The maximum Gasteiger partial charge on any atom is 0.307 e. The van der Waals surface area contributed by atoms with Gasteiger partial charge in [0.2, 0.25) is 0 Å². The molecule has 1 unspecified atom stereocenters. The first-order valence-corrected chi connectivity index (χ1v) is 7.47. The molecule has 1 N–H and O–H groups in total. The highest BCUT2D eigenvalue weighted by Gasteiger charge is 2.29. The highest BCUT2D eigenvalue weighted by atomic mass is 16.5. The van der Waals surface area contributed by atoms with E-state index in [1.165, 1.54) is 12.7 Å². The molecular weight excluding hydrogens is 250 g/mol. The number of nitrogens with one attached hydrogen (secondary N) is 1. The molecule has 0 heterocycles. The van der Waals surface area contributed by atoms with E-state index in [9.17, 15) is 4.79 Å². The summed E-state index contributed by atoms with van der Waals surface area (Å²) in [5.41, 5.74) is 2.11. The normalized spacial score (nSPS) is 13.8. The molecule has 1 atom stereocenters. The Morgan fingerprint density at radius 3 is 2.35 bits per heavy atom. The molecule has 0 saturated heterocycles. The predicted molar refractivity (Wildman–Crippen MR) is 82.7 cm³/mol. The molecule has 1 aromatic rings. The van der Waals surface area contributed by atoms with Gasteiger partial charge in [-0.1, -0.05) is 44.5 Å². The lowest BCUT2D eigenvalue weighted by molar-refractivity contribution is -0.142. The van der Waals surface area contributed by atoms with Crippen LogP contribution in [-0.4, -0.2) is 19.6 Å². The van der Waals surface area contributed by atoms with Crippen LogP contribution in [0.2, 0.25) is 0 Å². The van der Waals surface area contributed by atoms with Gasteiger partial charge in [0.1, 0.15) is 0 Å². The van der Waals surface area contributed by atoms with Crippen LogP contribution in [0.4, 0.5) is 0 Å². The zero-order valence-corrected chi connectivity index (χ0v) is 13.2.